The van der Waals surface area contributed by atoms with Crippen LogP contribution in [0.3, 0.4) is 0 Å². The highest BCUT2D eigenvalue weighted by molar-refractivity contribution is 6.62. The maximum absolute atomic E-state index is 12.0. The Morgan fingerprint density at radius 1 is 1.30 bits per heavy atom. The van der Waals surface area contributed by atoms with Crippen molar-refractivity contribution in [3.63, 3.8) is 0 Å². The topological polar surface area (TPSA) is 62.1 Å². The van der Waals surface area contributed by atoms with Crippen LogP contribution in [0.1, 0.15) is 45.1 Å². The molecule has 1 fully saturated rings. The molecule has 2 aromatic rings. The van der Waals surface area contributed by atoms with Crippen molar-refractivity contribution in [3.8, 4) is 0 Å². The van der Waals surface area contributed by atoms with Gasteiger partial charge in [0.2, 0.25) is 0 Å². The van der Waals surface area contributed by atoms with Crippen LogP contribution in [0.5, 0.6) is 0 Å². The Morgan fingerprint density at radius 2 is 1.96 bits per heavy atom. The van der Waals surface area contributed by atoms with E-state index < -0.39 is 24.3 Å². The number of nitrogens with zero attached hydrogens (tertiary/aromatic N) is 2. The summed E-state index contributed by atoms with van der Waals surface area (Å²) >= 11 is 0. The summed E-state index contributed by atoms with van der Waals surface area (Å²) in [4.78, 5) is 16.1. The Balaban J connectivity index is 1.97. The first-order valence-corrected chi connectivity index (χ1v) is 7.74. The fraction of sp³-hybridized carbons (Fsp3) is 0.500. The first-order valence-electron chi connectivity index (χ1n) is 7.74. The van der Waals surface area contributed by atoms with E-state index in [0.717, 1.165) is 5.46 Å². The van der Waals surface area contributed by atoms with Crippen molar-refractivity contribution in [3.05, 3.63) is 30.4 Å². The second kappa shape index (κ2) is 5.35. The Hall–Kier alpha value is -1.86. The number of hydrogen-bond acceptors (Lipinski definition) is 5. The smallest absolute Gasteiger partial charge is 0.461 e. The molecule has 2 aromatic heterocycles. The summed E-state index contributed by atoms with van der Waals surface area (Å²) in [6.45, 7) is 10.1. The molecule has 0 aromatic carbocycles. The fourth-order valence-corrected chi connectivity index (χ4v) is 2.49. The SMILES string of the molecule is CCOC(=O)c1ncn2ccc(B3OC(C)(C)C(C)(C)O3)cc12. The van der Waals surface area contributed by atoms with Crippen LogP contribution in [0.2, 0.25) is 0 Å². The van der Waals surface area contributed by atoms with Gasteiger partial charge in [-0.25, -0.2) is 9.78 Å². The van der Waals surface area contributed by atoms with Crippen LogP contribution in [0, 0.1) is 0 Å². The molecule has 0 radical (unpaired) electrons. The van der Waals surface area contributed by atoms with Gasteiger partial charge in [0.1, 0.15) is 6.33 Å². The summed E-state index contributed by atoms with van der Waals surface area (Å²) < 4.78 is 18.9. The van der Waals surface area contributed by atoms with Crippen LogP contribution >= 0.6 is 0 Å². The predicted octanol–water partition coefficient (Wildman–Crippen LogP) is 1.81. The largest absolute Gasteiger partial charge is 0.494 e. The molecule has 1 saturated heterocycles. The lowest BCUT2D eigenvalue weighted by molar-refractivity contribution is 0.00578. The first kappa shape index (κ1) is 16.0. The average molecular weight is 316 g/mol. The van der Waals surface area contributed by atoms with E-state index in [1.165, 1.54) is 0 Å². The number of pyridine rings is 1. The van der Waals surface area contributed by atoms with Crippen molar-refractivity contribution >= 4 is 24.1 Å². The van der Waals surface area contributed by atoms with Gasteiger partial charge in [-0.1, -0.05) is 0 Å². The van der Waals surface area contributed by atoms with Crippen LogP contribution in [0.15, 0.2) is 24.7 Å². The maximum Gasteiger partial charge on any atom is 0.494 e. The molecule has 0 spiro atoms. The second-order valence-electron chi connectivity index (χ2n) is 6.65. The van der Waals surface area contributed by atoms with Crippen molar-refractivity contribution < 1.29 is 18.8 Å². The highest BCUT2D eigenvalue weighted by atomic mass is 16.7. The molecule has 0 atom stereocenters. The van der Waals surface area contributed by atoms with Crippen molar-refractivity contribution in [2.75, 3.05) is 6.61 Å². The van der Waals surface area contributed by atoms with Crippen LogP contribution in [0.4, 0.5) is 0 Å². The van der Waals surface area contributed by atoms with E-state index in [1.54, 1.807) is 17.7 Å². The zero-order valence-electron chi connectivity index (χ0n) is 14.1. The van der Waals surface area contributed by atoms with E-state index in [1.807, 2.05) is 46.0 Å². The number of aromatic nitrogens is 2. The van der Waals surface area contributed by atoms with Gasteiger partial charge in [0, 0.05) is 6.20 Å². The van der Waals surface area contributed by atoms with Crippen molar-refractivity contribution in [2.45, 2.75) is 45.8 Å². The third-order valence-corrected chi connectivity index (χ3v) is 4.56. The first-order chi connectivity index (χ1) is 10.7. The molecule has 0 amide bonds. The van der Waals surface area contributed by atoms with E-state index >= 15 is 0 Å². The summed E-state index contributed by atoms with van der Waals surface area (Å²) in [7, 11) is -0.477. The van der Waals surface area contributed by atoms with Crippen LogP contribution in [-0.4, -0.2) is 40.3 Å². The van der Waals surface area contributed by atoms with Crippen LogP contribution in [-0.2, 0) is 14.0 Å². The highest BCUT2D eigenvalue weighted by Gasteiger charge is 2.51. The lowest BCUT2D eigenvalue weighted by atomic mass is 9.79. The number of hydrogen-bond donors (Lipinski definition) is 0. The molecule has 3 heterocycles. The zero-order valence-corrected chi connectivity index (χ0v) is 14.1. The van der Waals surface area contributed by atoms with Crippen molar-refractivity contribution in [1.82, 2.24) is 9.38 Å². The third kappa shape index (κ3) is 2.64. The molecule has 6 nitrogen and oxygen atoms in total. The Labute approximate surface area is 135 Å². The monoisotopic (exact) mass is 316 g/mol. The van der Waals surface area contributed by atoms with Gasteiger partial charge in [-0.15, -0.1) is 0 Å². The van der Waals surface area contributed by atoms with Gasteiger partial charge < -0.3 is 18.4 Å². The molecule has 122 valence electrons. The second-order valence-corrected chi connectivity index (χ2v) is 6.65. The van der Waals surface area contributed by atoms with Gasteiger partial charge in [0.05, 0.1) is 23.3 Å². The van der Waals surface area contributed by atoms with Gasteiger partial charge in [-0.05, 0) is 52.2 Å². The molecule has 23 heavy (non-hydrogen) atoms. The number of rotatable bonds is 3. The van der Waals surface area contributed by atoms with Gasteiger partial charge in [-0.2, -0.15) is 0 Å². The van der Waals surface area contributed by atoms with Gasteiger partial charge >= 0.3 is 13.1 Å². The van der Waals surface area contributed by atoms with Crippen LogP contribution in [0.25, 0.3) is 5.52 Å². The molecular weight excluding hydrogens is 295 g/mol. The number of ether oxygens (including phenoxy) is 1. The third-order valence-electron chi connectivity index (χ3n) is 4.56. The van der Waals surface area contributed by atoms with E-state index in [9.17, 15) is 4.79 Å². The lowest BCUT2D eigenvalue weighted by Gasteiger charge is -2.32. The van der Waals surface area contributed by atoms with E-state index in [0.29, 0.717) is 17.8 Å². The van der Waals surface area contributed by atoms with E-state index in [2.05, 4.69) is 4.98 Å². The molecule has 1 aliphatic rings. The van der Waals surface area contributed by atoms with Crippen LogP contribution < -0.4 is 5.46 Å². The number of carbonyl (C=O) groups is 1. The average Bonchev–Trinajstić information content (AvgIpc) is 2.97. The van der Waals surface area contributed by atoms with Gasteiger partial charge in [-0.3, -0.25) is 0 Å². The number of esters is 1. The molecule has 0 unspecified atom stereocenters. The quantitative estimate of drug-likeness (QED) is 0.638. The standard InChI is InChI=1S/C16H21BN2O4/c1-6-21-14(20)13-12-9-11(7-8-19(12)10-18-13)17-22-15(2,3)16(4,5)23-17/h7-10H,6H2,1-5H3. The fourth-order valence-electron chi connectivity index (χ4n) is 2.49. The Bertz CT molecular complexity index is 738. The molecule has 7 heteroatoms. The Morgan fingerprint density at radius 3 is 2.57 bits per heavy atom. The molecule has 0 bridgehead atoms. The molecule has 0 saturated carbocycles. The van der Waals surface area contributed by atoms with E-state index in [-0.39, 0.29) is 0 Å². The molecular formula is C16H21BN2O4. The minimum absolute atomic E-state index is 0.296. The van der Waals surface area contributed by atoms with Gasteiger partial charge in [0.15, 0.2) is 5.69 Å². The normalized spacial score (nSPS) is 19.3. The summed E-state index contributed by atoms with van der Waals surface area (Å²) in [5, 5.41) is 0. The minimum Gasteiger partial charge on any atom is -0.461 e. The summed E-state index contributed by atoms with van der Waals surface area (Å²) in [6, 6.07) is 3.77. The van der Waals surface area contributed by atoms with E-state index in [4.69, 9.17) is 14.0 Å². The molecule has 3 rings (SSSR count). The number of carbonyl (C=O) groups excluding carboxylic acids is 1. The molecule has 0 aliphatic carbocycles. The zero-order chi connectivity index (χ0) is 16.8. The number of imidazole rings is 1. The molecule has 1 aliphatic heterocycles. The minimum atomic E-state index is -0.477. The summed E-state index contributed by atoms with van der Waals surface area (Å²) in [5.74, 6) is -0.430. The summed E-state index contributed by atoms with van der Waals surface area (Å²) in [5.41, 5.74) is 1.00. The highest BCUT2D eigenvalue weighted by Crippen LogP contribution is 2.36. The summed E-state index contributed by atoms with van der Waals surface area (Å²) in [6.07, 6.45) is 3.43. The number of fused-ring (bicyclic) bond motifs is 1. The molecule has 0 N–H and O–H groups in total. The van der Waals surface area contributed by atoms with Crippen molar-refractivity contribution in [2.24, 2.45) is 0 Å². The Kier molecular flexibility index (Phi) is 3.73. The maximum atomic E-state index is 12.0. The lowest BCUT2D eigenvalue weighted by Crippen LogP contribution is -2.41. The van der Waals surface area contributed by atoms with Gasteiger partial charge in [0.25, 0.3) is 0 Å². The predicted molar refractivity (Wildman–Crippen MR) is 86.9 cm³/mol. The van der Waals surface area contributed by atoms with Crippen molar-refractivity contribution in [1.29, 1.82) is 0 Å².